The van der Waals surface area contributed by atoms with Gasteiger partial charge in [-0.2, -0.15) is 0 Å². The summed E-state index contributed by atoms with van der Waals surface area (Å²) in [4.78, 5) is 16.7. The van der Waals surface area contributed by atoms with Crippen molar-refractivity contribution in [2.75, 3.05) is 0 Å². The maximum absolute atomic E-state index is 8.44. The van der Waals surface area contributed by atoms with E-state index in [9.17, 15) is 0 Å². The minimum atomic E-state index is -2.08. The van der Waals surface area contributed by atoms with E-state index in [1.54, 1.807) is 0 Å². The summed E-state index contributed by atoms with van der Waals surface area (Å²) in [6.45, 7) is 0. The zero-order valence-electron chi connectivity index (χ0n) is 5.12. The molecule has 9 heavy (non-hydrogen) atoms. The second kappa shape index (κ2) is 23.4. The van der Waals surface area contributed by atoms with E-state index in [2.05, 4.69) is 0 Å². The van der Waals surface area contributed by atoms with E-state index in [-0.39, 0.29) is 59.1 Å². The van der Waals surface area contributed by atoms with Crippen LogP contribution in [0.15, 0.2) is 0 Å². The number of isocyanates is 1. The van der Waals surface area contributed by atoms with Gasteiger partial charge in [-0.3, -0.25) is 4.79 Å². The molecule has 0 radical (unpaired) electrons. The average Bonchev–Trinajstić information content (AvgIpc) is 1.33. The standard InChI is InChI=1S/CNO.CH2O3.2Na/c2-1-3;2-1(3)4;;/h;(H2,2,3,4);;/q-1;;2*+1/p-1. The van der Waals surface area contributed by atoms with Gasteiger partial charge in [-0.15, -0.1) is 0 Å². The molecule has 0 aliphatic rings. The molecule has 0 aromatic heterocycles. The van der Waals surface area contributed by atoms with Crippen molar-refractivity contribution in [2.45, 2.75) is 0 Å². The van der Waals surface area contributed by atoms with Crippen LogP contribution in [0.4, 0.5) is 4.79 Å². The number of rotatable bonds is 0. The van der Waals surface area contributed by atoms with Crippen LogP contribution in [-0.2, 0) is 4.79 Å². The maximum atomic E-state index is 8.44. The molecule has 0 atom stereocenters. The van der Waals surface area contributed by atoms with Crippen LogP contribution in [0.25, 0.3) is 5.41 Å². The molecule has 0 aliphatic heterocycles. The van der Waals surface area contributed by atoms with Gasteiger partial charge >= 0.3 is 59.1 Å². The summed E-state index contributed by atoms with van der Waals surface area (Å²) < 4.78 is 0. The Labute approximate surface area is 95.5 Å². The van der Waals surface area contributed by atoms with Gasteiger partial charge in [-0.05, 0) is 6.08 Å². The zero-order chi connectivity index (χ0) is 6.28. The van der Waals surface area contributed by atoms with Gasteiger partial charge in [-0.25, -0.2) is 0 Å². The summed E-state index contributed by atoms with van der Waals surface area (Å²) in [6.07, 6.45) is -1.58. The molecule has 0 rings (SSSR count). The van der Waals surface area contributed by atoms with Gasteiger partial charge in [0.2, 0.25) is 6.16 Å². The quantitative estimate of drug-likeness (QED) is 0.210. The summed E-state index contributed by atoms with van der Waals surface area (Å²) in [7, 11) is 0. The topological polar surface area (TPSA) is 99.7 Å². The number of hydrogen-bond donors (Lipinski definition) is 1. The fourth-order valence-electron chi connectivity index (χ4n) is 0. The van der Waals surface area contributed by atoms with Gasteiger partial charge in [0.05, 0.1) is 0 Å². The first kappa shape index (κ1) is 22.6. The third kappa shape index (κ3) is 905. The Morgan fingerprint density at radius 2 is 1.56 bits per heavy atom. The zero-order valence-corrected chi connectivity index (χ0v) is 9.12. The second-order valence-electron chi connectivity index (χ2n) is 0.357. The van der Waals surface area contributed by atoms with Crippen LogP contribution in [0.1, 0.15) is 0 Å². The van der Waals surface area contributed by atoms with Crippen LogP contribution < -0.4 is 64.2 Å². The molecule has 5 nitrogen and oxygen atoms in total. The fourth-order valence-corrected chi connectivity index (χ4v) is 0. The molecule has 0 amide bonds. The molecule has 0 aliphatic carbocycles. The molecular weight excluding hydrogens is 148 g/mol. The van der Waals surface area contributed by atoms with E-state index < -0.39 is 6.16 Å². The van der Waals surface area contributed by atoms with Crippen LogP contribution in [0.2, 0.25) is 0 Å². The molecule has 0 saturated heterocycles. The number of hydrogen-bond acceptors (Lipinski definition) is 3. The summed E-state index contributed by atoms with van der Waals surface area (Å²) >= 11 is 0. The van der Waals surface area contributed by atoms with Crippen LogP contribution in [-0.4, -0.2) is 17.3 Å². The minimum absolute atomic E-state index is 0. The molecule has 0 bridgehead atoms. The Bertz CT molecular complexity index is 84.6. The first-order valence-corrected chi connectivity index (χ1v) is 1.06. The SMILES string of the molecule is O=C([O-])O.[N-]=C=O.[Na+].[Na+]. The van der Waals surface area contributed by atoms with Crippen LogP contribution >= 0.6 is 0 Å². The van der Waals surface area contributed by atoms with Crippen LogP contribution in [0.3, 0.4) is 0 Å². The monoisotopic (exact) mass is 149 g/mol. The van der Waals surface area contributed by atoms with Gasteiger partial charge in [0.25, 0.3) is 0 Å². The third-order valence-corrected chi connectivity index (χ3v) is 0. The van der Waals surface area contributed by atoms with Crippen molar-refractivity contribution >= 4 is 12.2 Å². The molecule has 0 fully saturated rings. The molecule has 40 valence electrons. The first-order chi connectivity index (χ1) is 3.15. The van der Waals surface area contributed by atoms with Gasteiger partial charge in [0.1, 0.15) is 0 Å². The fraction of sp³-hybridized carbons (Fsp3) is 0. The normalized spacial score (nSPS) is 3.56. The minimum Gasteiger partial charge on any atom is -0.724 e. The molecule has 0 heterocycles. The summed E-state index contributed by atoms with van der Waals surface area (Å²) in [5, 5.41) is 22.1. The van der Waals surface area contributed by atoms with Crippen molar-refractivity contribution in [1.29, 1.82) is 0 Å². The van der Waals surface area contributed by atoms with Crippen molar-refractivity contribution in [3.05, 3.63) is 5.41 Å². The maximum Gasteiger partial charge on any atom is 1.00 e. The van der Waals surface area contributed by atoms with E-state index >= 15 is 0 Å². The van der Waals surface area contributed by atoms with E-state index in [1.165, 1.54) is 0 Å². The van der Waals surface area contributed by atoms with Gasteiger partial charge < -0.3 is 20.4 Å². The Hall–Kier alpha value is 0.650. The molecule has 0 aromatic rings. The molecule has 0 aromatic carbocycles. The number of nitrogens with zero attached hydrogens (tertiary/aromatic N) is 1. The molecular formula is C2HNNa2O4. The Morgan fingerprint density at radius 1 is 1.56 bits per heavy atom. The van der Waals surface area contributed by atoms with Crippen molar-refractivity contribution in [2.24, 2.45) is 0 Å². The van der Waals surface area contributed by atoms with Crippen molar-refractivity contribution in [1.82, 2.24) is 0 Å². The molecule has 1 N–H and O–H groups in total. The summed E-state index contributed by atoms with van der Waals surface area (Å²) in [5.74, 6) is 0. The molecule has 0 saturated carbocycles. The van der Waals surface area contributed by atoms with Gasteiger partial charge in [0, 0.05) is 0 Å². The smallest absolute Gasteiger partial charge is 0.724 e. The van der Waals surface area contributed by atoms with E-state index in [0.29, 0.717) is 6.08 Å². The van der Waals surface area contributed by atoms with Crippen LogP contribution in [0.5, 0.6) is 0 Å². The van der Waals surface area contributed by atoms with E-state index in [0.717, 1.165) is 0 Å². The Kier molecular flexibility index (Phi) is 58.8. The number of carbonyl (C=O) groups is 1. The van der Waals surface area contributed by atoms with Crippen LogP contribution in [0, 0.1) is 0 Å². The van der Waals surface area contributed by atoms with Crippen molar-refractivity contribution in [3.63, 3.8) is 0 Å². The average molecular weight is 149 g/mol. The van der Waals surface area contributed by atoms with Crippen molar-refractivity contribution < 1.29 is 78.9 Å². The summed E-state index contributed by atoms with van der Waals surface area (Å²) in [5.41, 5.74) is 0. The second-order valence-corrected chi connectivity index (χ2v) is 0.357. The van der Waals surface area contributed by atoms with Gasteiger partial charge in [-0.1, -0.05) is 0 Å². The Balaban J connectivity index is -0.0000000233. The third-order valence-electron chi connectivity index (χ3n) is 0. The largest absolute Gasteiger partial charge is 1.00 e. The Morgan fingerprint density at radius 3 is 1.56 bits per heavy atom. The predicted octanol–water partition coefficient (Wildman–Crippen LogP) is -7.21. The number of carboxylic acid groups (broad SMARTS) is 2. The molecule has 0 unspecified atom stereocenters. The van der Waals surface area contributed by atoms with E-state index in [1.807, 2.05) is 0 Å². The number of carbonyl (C=O) groups excluding carboxylic acids is 1. The predicted molar refractivity (Wildman–Crippen MR) is 17.1 cm³/mol. The molecule has 7 heteroatoms. The van der Waals surface area contributed by atoms with Gasteiger partial charge in [0.15, 0.2) is 0 Å². The molecule has 0 spiro atoms. The summed E-state index contributed by atoms with van der Waals surface area (Å²) in [6, 6.07) is 0. The van der Waals surface area contributed by atoms with Crippen molar-refractivity contribution in [3.8, 4) is 0 Å². The first-order valence-electron chi connectivity index (χ1n) is 1.06. The van der Waals surface area contributed by atoms with E-state index in [4.69, 9.17) is 25.2 Å².